The minimum atomic E-state index is -0.633. The molecule has 7 heteroatoms. The van der Waals surface area contributed by atoms with Crippen LogP contribution < -0.4 is 15.5 Å². The van der Waals surface area contributed by atoms with Gasteiger partial charge in [-0.25, -0.2) is 0 Å². The lowest BCUT2D eigenvalue weighted by molar-refractivity contribution is -0.136. The maximum atomic E-state index is 12.6. The largest absolute Gasteiger partial charge is 0.347 e. The first-order chi connectivity index (χ1) is 15.1. The number of nitrogens with one attached hydrogen (secondary N) is 2. The topological polar surface area (TPSA) is 78.5 Å². The third-order valence-corrected chi connectivity index (χ3v) is 8.07. The number of anilines is 2. The molecule has 0 radical (unpaired) electrons. The molecule has 1 fully saturated rings. The molecule has 3 aliphatic rings. The molecule has 2 N–H and O–H groups in total. The second kappa shape index (κ2) is 8.11. The fraction of sp³-hybridized carbons (Fsp3) is 0.458. The van der Waals surface area contributed by atoms with Gasteiger partial charge in [0.05, 0.1) is 5.69 Å². The second-order valence-electron chi connectivity index (χ2n) is 8.89. The molecule has 2 aromatic rings. The number of hydrogen-bond donors (Lipinski definition) is 2. The van der Waals surface area contributed by atoms with Gasteiger partial charge in [-0.05, 0) is 60.4 Å². The fourth-order valence-electron chi connectivity index (χ4n) is 5.37. The zero-order chi connectivity index (χ0) is 21.4. The minimum absolute atomic E-state index is 0.0594. The van der Waals surface area contributed by atoms with Gasteiger partial charge in [-0.3, -0.25) is 14.4 Å². The van der Waals surface area contributed by atoms with E-state index in [1.807, 2.05) is 17.0 Å². The third kappa shape index (κ3) is 3.76. The fourth-order valence-corrected chi connectivity index (χ4v) is 6.35. The van der Waals surface area contributed by atoms with E-state index in [9.17, 15) is 14.4 Å². The van der Waals surface area contributed by atoms with Crippen LogP contribution in [0, 0.1) is 0 Å². The third-order valence-electron chi connectivity index (χ3n) is 6.96. The molecule has 162 valence electrons. The Bertz CT molecular complexity index is 1020. The van der Waals surface area contributed by atoms with E-state index in [0.717, 1.165) is 48.9 Å². The maximum absolute atomic E-state index is 12.6. The van der Waals surface area contributed by atoms with Crippen LogP contribution in [-0.4, -0.2) is 30.8 Å². The van der Waals surface area contributed by atoms with E-state index in [1.54, 1.807) is 11.3 Å². The Morgan fingerprint density at radius 2 is 1.81 bits per heavy atom. The molecule has 31 heavy (non-hydrogen) atoms. The SMILES string of the molecule is O=C(NCC1(c2cccs2)CCCCC1)C(=O)Nc1cc2c3c(c1)CCN3C(=O)CC2. The molecule has 1 aromatic carbocycles. The molecular weight excluding hydrogens is 410 g/mol. The molecule has 2 aliphatic heterocycles. The Morgan fingerprint density at radius 3 is 2.55 bits per heavy atom. The number of carbonyl (C=O) groups is 3. The van der Waals surface area contributed by atoms with Crippen LogP contribution in [0.3, 0.4) is 0 Å². The molecule has 1 saturated carbocycles. The Kier molecular flexibility index (Phi) is 5.30. The van der Waals surface area contributed by atoms with Crippen molar-refractivity contribution in [2.45, 2.75) is 56.8 Å². The number of hydrogen-bond acceptors (Lipinski definition) is 4. The average Bonchev–Trinajstić information content (AvgIpc) is 3.47. The van der Waals surface area contributed by atoms with Crippen LogP contribution in [0.4, 0.5) is 11.4 Å². The van der Waals surface area contributed by atoms with Crippen LogP contribution in [0.2, 0.25) is 0 Å². The summed E-state index contributed by atoms with van der Waals surface area (Å²) in [5, 5.41) is 7.77. The summed E-state index contributed by atoms with van der Waals surface area (Å²) in [6, 6.07) is 8.01. The first-order valence-corrected chi connectivity index (χ1v) is 12.0. The summed E-state index contributed by atoms with van der Waals surface area (Å²) in [7, 11) is 0. The van der Waals surface area contributed by atoms with Crippen molar-refractivity contribution in [1.29, 1.82) is 0 Å². The molecule has 0 saturated heterocycles. The van der Waals surface area contributed by atoms with Gasteiger partial charge in [-0.1, -0.05) is 25.3 Å². The lowest BCUT2D eigenvalue weighted by Gasteiger charge is -2.36. The van der Waals surface area contributed by atoms with Crippen molar-refractivity contribution in [1.82, 2.24) is 5.32 Å². The summed E-state index contributed by atoms with van der Waals surface area (Å²) >= 11 is 1.73. The van der Waals surface area contributed by atoms with Crippen molar-refractivity contribution in [2.75, 3.05) is 23.3 Å². The van der Waals surface area contributed by atoms with Crippen molar-refractivity contribution >= 4 is 40.4 Å². The molecule has 3 amide bonds. The number of benzene rings is 1. The molecule has 1 aromatic heterocycles. The number of rotatable bonds is 4. The van der Waals surface area contributed by atoms with Crippen LogP contribution in [0.5, 0.6) is 0 Å². The van der Waals surface area contributed by atoms with Gasteiger partial charge in [0, 0.05) is 35.5 Å². The Morgan fingerprint density at radius 1 is 1.03 bits per heavy atom. The maximum Gasteiger partial charge on any atom is 0.313 e. The molecular formula is C24H27N3O3S. The van der Waals surface area contributed by atoms with E-state index < -0.39 is 11.8 Å². The van der Waals surface area contributed by atoms with Gasteiger partial charge in [0.1, 0.15) is 0 Å². The quantitative estimate of drug-likeness (QED) is 0.718. The highest BCUT2D eigenvalue weighted by atomic mass is 32.1. The van der Waals surface area contributed by atoms with E-state index in [1.165, 1.54) is 11.3 Å². The minimum Gasteiger partial charge on any atom is -0.347 e. The van der Waals surface area contributed by atoms with Crippen LogP contribution in [0.15, 0.2) is 29.6 Å². The Balaban J connectivity index is 1.26. The van der Waals surface area contributed by atoms with E-state index in [2.05, 4.69) is 28.1 Å². The van der Waals surface area contributed by atoms with E-state index in [0.29, 0.717) is 31.6 Å². The summed E-state index contributed by atoms with van der Waals surface area (Å²) < 4.78 is 0. The number of nitrogens with zero attached hydrogens (tertiary/aromatic N) is 1. The number of thiophene rings is 1. The van der Waals surface area contributed by atoms with Crippen molar-refractivity contribution in [3.05, 3.63) is 45.6 Å². The molecule has 0 bridgehead atoms. The van der Waals surface area contributed by atoms with Gasteiger partial charge in [-0.2, -0.15) is 0 Å². The summed E-state index contributed by atoms with van der Waals surface area (Å²) in [6.45, 7) is 1.19. The summed E-state index contributed by atoms with van der Waals surface area (Å²) in [6.07, 6.45) is 7.57. The highest BCUT2D eigenvalue weighted by Gasteiger charge is 2.36. The lowest BCUT2D eigenvalue weighted by atomic mass is 9.73. The van der Waals surface area contributed by atoms with Crippen LogP contribution in [0.1, 0.15) is 54.5 Å². The van der Waals surface area contributed by atoms with E-state index in [-0.39, 0.29) is 11.3 Å². The van der Waals surface area contributed by atoms with Gasteiger partial charge in [0.15, 0.2) is 0 Å². The van der Waals surface area contributed by atoms with Crippen LogP contribution >= 0.6 is 11.3 Å². The van der Waals surface area contributed by atoms with Crippen LogP contribution in [0.25, 0.3) is 0 Å². The van der Waals surface area contributed by atoms with Crippen molar-refractivity contribution < 1.29 is 14.4 Å². The summed E-state index contributed by atoms with van der Waals surface area (Å²) in [5.74, 6) is -1.05. The van der Waals surface area contributed by atoms with Gasteiger partial charge in [0.2, 0.25) is 5.91 Å². The van der Waals surface area contributed by atoms with Crippen molar-refractivity contribution in [3.63, 3.8) is 0 Å². The zero-order valence-electron chi connectivity index (χ0n) is 17.5. The van der Waals surface area contributed by atoms with Gasteiger partial charge in [-0.15, -0.1) is 11.3 Å². The molecule has 6 nitrogen and oxygen atoms in total. The normalized spacial score (nSPS) is 19.1. The first kappa shape index (κ1) is 20.2. The van der Waals surface area contributed by atoms with E-state index >= 15 is 0 Å². The summed E-state index contributed by atoms with van der Waals surface area (Å²) in [4.78, 5) is 40.5. The van der Waals surface area contributed by atoms with Crippen molar-refractivity contribution in [2.24, 2.45) is 0 Å². The van der Waals surface area contributed by atoms with Gasteiger partial charge in [0.25, 0.3) is 0 Å². The monoisotopic (exact) mass is 437 g/mol. The summed E-state index contributed by atoms with van der Waals surface area (Å²) in [5.41, 5.74) is 3.73. The highest BCUT2D eigenvalue weighted by Crippen LogP contribution is 2.41. The van der Waals surface area contributed by atoms with Crippen LogP contribution in [-0.2, 0) is 32.6 Å². The standard InChI is InChI=1S/C24H27N3O3S/c28-20-7-6-16-13-18(14-17-8-11-27(20)21(16)17)26-23(30)22(29)25-15-24(9-2-1-3-10-24)19-5-4-12-31-19/h4-5,12-14H,1-3,6-11,15H2,(H,25,29)(H,26,30). The molecule has 3 heterocycles. The molecule has 1 aliphatic carbocycles. The predicted molar refractivity (Wildman–Crippen MR) is 122 cm³/mol. The Hall–Kier alpha value is -2.67. The first-order valence-electron chi connectivity index (χ1n) is 11.2. The Labute approximate surface area is 186 Å². The second-order valence-corrected chi connectivity index (χ2v) is 9.84. The highest BCUT2D eigenvalue weighted by molar-refractivity contribution is 7.10. The molecule has 5 rings (SSSR count). The average molecular weight is 438 g/mol. The van der Waals surface area contributed by atoms with Gasteiger partial charge >= 0.3 is 11.8 Å². The van der Waals surface area contributed by atoms with E-state index in [4.69, 9.17) is 0 Å². The van der Waals surface area contributed by atoms with Crippen molar-refractivity contribution in [3.8, 4) is 0 Å². The number of amides is 3. The number of carbonyl (C=O) groups excluding carboxylic acids is 3. The van der Waals surface area contributed by atoms with Gasteiger partial charge < -0.3 is 15.5 Å². The molecule has 0 spiro atoms. The molecule has 0 unspecified atom stereocenters. The zero-order valence-corrected chi connectivity index (χ0v) is 18.4. The predicted octanol–water partition coefficient (Wildman–Crippen LogP) is 3.54. The number of aryl methyl sites for hydroxylation is 1. The molecule has 0 atom stereocenters. The lowest BCUT2D eigenvalue weighted by Crippen LogP contribution is -2.45. The smallest absolute Gasteiger partial charge is 0.313 e.